The highest BCUT2D eigenvalue weighted by Gasteiger charge is 2.60. The number of nitrogens with one attached hydrogen (secondary N) is 1. The first-order valence-corrected chi connectivity index (χ1v) is 12.7. The van der Waals surface area contributed by atoms with E-state index in [1.165, 1.54) is 23.9 Å². The van der Waals surface area contributed by atoms with Crippen LogP contribution in [0.15, 0.2) is 34.8 Å². The molecule has 5 nitrogen and oxygen atoms in total. The number of aryl methyl sites for hydroxylation is 1. The number of alkyl halides is 2. The molecule has 0 aliphatic carbocycles. The lowest BCUT2D eigenvalue weighted by Crippen LogP contribution is -2.61. The van der Waals surface area contributed by atoms with Gasteiger partial charge in [0.2, 0.25) is 0 Å². The van der Waals surface area contributed by atoms with Gasteiger partial charge in [-0.2, -0.15) is 5.10 Å². The number of nitrogens with zero attached hydrogens (tertiary/aromatic N) is 3. The summed E-state index contributed by atoms with van der Waals surface area (Å²) in [4.78, 5) is 2.29. The van der Waals surface area contributed by atoms with E-state index in [0.29, 0.717) is 36.0 Å². The molecule has 1 N–H and O–H groups in total. The summed E-state index contributed by atoms with van der Waals surface area (Å²) in [6, 6.07) is 5.03. The van der Waals surface area contributed by atoms with Gasteiger partial charge >= 0.3 is 0 Å². The largest absolute Gasteiger partial charge is 0.367 e. The summed E-state index contributed by atoms with van der Waals surface area (Å²) >= 11 is 7.47. The van der Waals surface area contributed by atoms with Crippen molar-refractivity contribution >= 4 is 23.4 Å². The number of aromatic nitrogens is 2. The fourth-order valence-electron chi connectivity index (χ4n) is 5.33. The minimum absolute atomic E-state index is 0.316. The Morgan fingerprint density at radius 1 is 1.26 bits per heavy atom. The molecule has 3 aliphatic rings. The number of thioether (sulfide) groups is 1. The zero-order chi connectivity index (χ0) is 24.1. The Kier molecular flexibility index (Phi) is 6.52. The molecule has 2 saturated heterocycles. The highest BCUT2D eigenvalue weighted by atomic mass is 35.5. The molecule has 5 rings (SSSR count). The van der Waals surface area contributed by atoms with Gasteiger partial charge in [0.15, 0.2) is 0 Å². The molecule has 184 valence electrons. The molecule has 10 heteroatoms. The lowest BCUT2D eigenvalue weighted by atomic mass is 9.77. The normalized spacial score (nSPS) is 26.0. The first-order valence-electron chi connectivity index (χ1n) is 11.5. The molecule has 2 aromatic rings. The van der Waals surface area contributed by atoms with Gasteiger partial charge < -0.3 is 10.1 Å². The van der Waals surface area contributed by atoms with E-state index in [-0.39, 0.29) is 11.1 Å². The maximum Gasteiger partial charge on any atom is 0.278 e. The summed E-state index contributed by atoms with van der Waals surface area (Å²) in [5.41, 5.74) is 2.56. The molecule has 4 heterocycles. The topological polar surface area (TPSA) is 42.3 Å². The number of hydrogen-bond acceptors (Lipinski definition) is 5. The Morgan fingerprint density at radius 3 is 2.76 bits per heavy atom. The second-order valence-corrected chi connectivity index (χ2v) is 11.2. The number of ether oxygens (including phenoxy) is 1. The van der Waals surface area contributed by atoms with Crippen LogP contribution < -0.4 is 5.32 Å². The number of para-hydroxylation sites is 1. The molecule has 0 bridgehead atoms. The Hall–Kier alpha value is -1.52. The molecule has 2 atom stereocenters. The second kappa shape index (κ2) is 9.17. The van der Waals surface area contributed by atoms with Crippen LogP contribution in [0.5, 0.6) is 0 Å². The number of benzene rings is 1. The Bertz CT molecular complexity index is 1100. The zero-order valence-corrected chi connectivity index (χ0v) is 20.7. The monoisotopic (exact) mass is 512 g/mol. The van der Waals surface area contributed by atoms with Crippen LogP contribution in [0.1, 0.15) is 29.7 Å². The van der Waals surface area contributed by atoms with Crippen molar-refractivity contribution in [2.45, 2.75) is 49.6 Å². The molecule has 2 unspecified atom stereocenters. The van der Waals surface area contributed by atoms with E-state index in [9.17, 15) is 13.2 Å². The van der Waals surface area contributed by atoms with Gasteiger partial charge in [0, 0.05) is 37.9 Å². The molecule has 0 amide bonds. The molecular weight excluding hydrogens is 485 g/mol. The van der Waals surface area contributed by atoms with Gasteiger partial charge in [-0.05, 0) is 44.5 Å². The summed E-state index contributed by atoms with van der Waals surface area (Å²) in [5.74, 6) is -4.08. The lowest BCUT2D eigenvalue weighted by Gasteiger charge is -2.51. The van der Waals surface area contributed by atoms with Gasteiger partial charge in [0.25, 0.3) is 5.92 Å². The van der Waals surface area contributed by atoms with Crippen LogP contribution in [0.25, 0.3) is 5.69 Å². The number of likely N-dealkylation sites (tertiary alicyclic amines) is 1. The van der Waals surface area contributed by atoms with Crippen molar-refractivity contribution in [3.63, 3.8) is 0 Å². The first kappa shape index (κ1) is 24.2. The molecule has 2 fully saturated rings. The third kappa shape index (κ3) is 4.30. The van der Waals surface area contributed by atoms with Crippen molar-refractivity contribution in [3.8, 4) is 5.69 Å². The number of halogens is 4. The maximum atomic E-state index is 14.7. The molecular formula is C24H28ClF3N4OS. The molecule has 3 aliphatic heterocycles. The van der Waals surface area contributed by atoms with E-state index >= 15 is 0 Å². The lowest BCUT2D eigenvalue weighted by molar-refractivity contribution is -0.215. The molecule has 1 aromatic heterocycles. The van der Waals surface area contributed by atoms with Crippen LogP contribution in [0.3, 0.4) is 0 Å². The zero-order valence-electron chi connectivity index (χ0n) is 19.2. The van der Waals surface area contributed by atoms with Crippen molar-refractivity contribution < 1.29 is 17.9 Å². The number of hydrogen-bond donors (Lipinski definition) is 1. The molecule has 34 heavy (non-hydrogen) atoms. The molecule has 0 radical (unpaired) electrons. The number of rotatable bonds is 5. The van der Waals surface area contributed by atoms with Crippen LogP contribution in [-0.2, 0) is 17.8 Å². The Balaban J connectivity index is 1.29. The maximum absolute atomic E-state index is 14.7. The molecule has 1 aromatic carbocycles. The predicted molar refractivity (Wildman–Crippen MR) is 128 cm³/mol. The van der Waals surface area contributed by atoms with Gasteiger partial charge in [-0.25, -0.2) is 17.9 Å². The standard InChI is InChI=1S/C24H28ClF3N4OS/c1-15-17(13-32(30-15)21-16(11-29-2)4-3-5-19(21)26)12-31-8-6-23(7-9-31)22-18(10-20(25)34-22)24(27,28)14-33-23/h3-5,10,13,18,22,29H,6-9,11-12,14H2,1-2H3. The second-order valence-electron chi connectivity index (χ2n) is 9.39. The SMILES string of the molecule is CNCc1cccc(F)c1-n1cc(CN2CCC3(CC2)OCC(F)(F)C2C=C(Cl)SC23)c(C)n1. The Labute approximate surface area is 206 Å². The van der Waals surface area contributed by atoms with Crippen molar-refractivity contribution in [2.24, 2.45) is 5.92 Å². The van der Waals surface area contributed by atoms with Crippen molar-refractivity contribution in [1.82, 2.24) is 20.0 Å². The summed E-state index contributed by atoms with van der Waals surface area (Å²) < 4.78 is 51.5. The van der Waals surface area contributed by atoms with Crippen molar-refractivity contribution in [2.75, 3.05) is 26.7 Å². The van der Waals surface area contributed by atoms with E-state index in [2.05, 4.69) is 15.3 Å². The first-order chi connectivity index (χ1) is 16.2. The summed E-state index contributed by atoms with van der Waals surface area (Å²) in [7, 11) is 1.82. The predicted octanol–water partition coefficient (Wildman–Crippen LogP) is 4.85. The van der Waals surface area contributed by atoms with Gasteiger partial charge in [0.05, 0.1) is 26.8 Å². The van der Waals surface area contributed by atoms with E-state index in [1.54, 1.807) is 10.7 Å². The van der Waals surface area contributed by atoms with Crippen LogP contribution in [0, 0.1) is 18.7 Å². The highest BCUT2D eigenvalue weighted by molar-refractivity contribution is 8.05. The van der Waals surface area contributed by atoms with Crippen LogP contribution in [-0.4, -0.2) is 58.2 Å². The van der Waals surface area contributed by atoms with E-state index in [0.717, 1.165) is 29.9 Å². The van der Waals surface area contributed by atoms with Crippen molar-refractivity contribution in [3.05, 3.63) is 57.5 Å². The van der Waals surface area contributed by atoms with E-state index in [4.69, 9.17) is 16.3 Å². The van der Waals surface area contributed by atoms with E-state index < -0.39 is 24.0 Å². The van der Waals surface area contributed by atoms with Crippen molar-refractivity contribution in [1.29, 1.82) is 0 Å². The summed E-state index contributed by atoms with van der Waals surface area (Å²) in [6.45, 7) is 4.01. The third-order valence-electron chi connectivity index (χ3n) is 7.20. The average molecular weight is 513 g/mol. The van der Waals surface area contributed by atoms with E-state index in [1.807, 2.05) is 26.2 Å². The fourth-order valence-corrected chi connectivity index (χ4v) is 7.17. The number of piperidine rings is 1. The van der Waals surface area contributed by atoms with Gasteiger partial charge in [-0.3, -0.25) is 4.90 Å². The molecule has 1 spiro atoms. The molecule has 0 saturated carbocycles. The number of fused-ring (bicyclic) bond motifs is 2. The van der Waals surface area contributed by atoms with Crippen LogP contribution >= 0.6 is 23.4 Å². The average Bonchev–Trinajstić information content (AvgIpc) is 3.37. The minimum atomic E-state index is -2.89. The van der Waals surface area contributed by atoms with Gasteiger partial charge in [0.1, 0.15) is 18.1 Å². The van der Waals surface area contributed by atoms with Gasteiger partial charge in [-0.15, -0.1) is 11.8 Å². The summed E-state index contributed by atoms with van der Waals surface area (Å²) in [5, 5.41) is 7.30. The highest BCUT2D eigenvalue weighted by Crippen LogP contribution is 2.56. The minimum Gasteiger partial charge on any atom is -0.367 e. The van der Waals surface area contributed by atoms with Gasteiger partial charge in [-0.1, -0.05) is 23.7 Å². The number of allylic oxidation sites excluding steroid dienone is 1. The van der Waals surface area contributed by atoms with Crippen LogP contribution in [0.4, 0.5) is 13.2 Å². The van der Waals surface area contributed by atoms with Crippen LogP contribution in [0.2, 0.25) is 0 Å². The third-order valence-corrected chi connectivity index (χ3v) is 8.93. The quantitative estimate of drug-likeness (QED) is 0.620. The fraction of sp³-hybridized carbons (Fsp3) is 0.542. The Morgan fingerprint density at radius 2 is 2.03 bits per heavy atom. The summed E-state index contributed by atoms with van der Waals surface area (Å²) in [6.07, 6.45) is 4.74. The smallest absolute Gasteiger partial charge is 0.278 e.